The maximum absolute atomic E-state index is 9.52. The maximum Gasteiger partial charge on any atom is 0.0669 e. The summed E-state index contributed by atoms with van der Waals surface area (Å²) in [5.74, 6) is 0.251. The molecule has 1 saturated carbocycles. The molecule has 70 valence electrons. The van der Waals surface area contributed by atoms with Crippen LogP contribution < -0.4 is 5.32 Å². The van der Waals surface area contributed by atoms with E-state index in [0.717, 1.165) is 19.3 Å². The molecule has 1 aliphatic carbocycles. The number of hydrogen-bond donors (Lipinski definition) is 3. The summed E-state index contributed by atoms with van der Waals surface area (Å²) < 4.78 is 0. The second-order valence-corrected chi connectivity index (χ2v) is 4.27. The first-order valence-corrected chi connectivity index (χ1v) is 4.75. The molecule has 1 saturated heterocycles. The van der Waals surface area contributed by atoms with Crippen molar-refractivity contribution in [2.75, 3.05) is 6.54 Å². The second-order valence-electron chi connectivity index (χ2n) is 4.27. The largest absolute Gasteiger partial charge is 0.393 e. The Bertz CT molecular complexity index is 177. The normalized spacial score (nSPS) is 41.2. The van der Waals surface area contributed by atoms with Crippen LogP contribution in [0.5, 0.6) is 0 Å². The van der Waals surface area contributed by atoms with Crippen LogP contribution in [0.2, 0.25) is 0 Å². The van der Waals surface area contributed by atoms with Crippen molar-refractivity contribution in [2.45, 2.75) is 43.9 Å². The highest BCUT2D eigenvalue weighted by molar-refractivity contribution is 5.11. The number of aliphatic hydroxyl groups excluding tert-OH is 2. The van der Waals surface area contributed by atoms with Crippen molar-refractivity contribution in [3.05, 3.63) is 0 Å². The second kappa shape index (κ2) is 2.69. The predicted octanol–water partition coefficient (Wildman–Crippen LogP) is -0.130. The lowest BCUT2D eigenvalue weighted by Crippen LogP contribution is -2.52. The fraction of sp³-hybridized carbons (Fsp3) is 1.00. The molecule has 3 atom stereocenters. The summed E-state index contributed by atoms with van der Waals surface area (Å²) in [5.41, 5.74) is 0.188. The van der Waals surface area contributed by atoms with Gasteiger partial charge in [-0.3, -0.25) is 0 Å². The highest BCUT2D eigenvalue weighted by Gasteiger charge is 2.53. The van der Waals surface area contributed by atoms with Crippen LogP contribution >= 0.6 is 0 Å². The molecule has 2 aliphatic rings. The number of β-amino-alcohol motifs (C(OH)–C–C–N with tert-alkyl or cyclic N) is 1. The van der Waals surface area contributed by atoms with E-state index in [1.165, 1.54) is 0 Å². The van der Waals surface area contributed by atoms with Crippen molar-refractivity contribution >= 4 is 0 Å². The van der Waals surface area contributed by atoms with E-state index in [2.05, 4.69) is 5.32 Å². The molecule has 3 N–H and O–H groups in total. The van der Waals surface area contributed by atoms with Gasteiger partial charge in [0.25, 0.3) is 0 Å². The number of aliphatic hydroxyl groups is 2. The average Bonchev–Trinajstić information content (AvgIpc) is 2.76. The Morgan fingerprint density at radius 3 is 2.67 bits per heavy atom. The van der Waals surface area contributed by atoms with E-state index in [1.54, 1.807) is 0 Å². The molecule has 3 unspecified atom stereocenters. The Balaban J connectivity index is 2.06. The summed E-state index contributed by atoms with van der Waals surface area (Å²) in [7, 11) is 0. The lowest BCUT2D eigenvalue weighted by atomic mass is 9.83. The zero-order valence-electron chi connectivity index (χ0n) is 7.45. The van der Waals surface area contributed by atoms with E-state index < -0.39 is 0 Å². The first-order chi connectivity index (χ1) is 5.64. The molecular weight excluding hydrogens is 154 g/mol. The molecule has 0 aromatic rings. The molecule has 0 bridgehead atoms. The minimum Gasteiger partial charge on any atom is -0.393 e. The first kappa shape index (κ1) is 8.48. The van der Waals surface area contributed by atoms with Gasteiger partial charge in [-0.2, -0.15) is 0 Å². The van der Waals surface area contributed by atoms with Gasteiger partial charge in [0.2, 0.25) is 0 Å². The van der Waals surface area contributed by atoms with Crippen LogP contribution in [-0.4, -0.2) is 34.5 Å². The molecule has 0 aromatic carbocycles. The molecule has 1 aliphatic heterocycles. The van der Waals surface area contributed by atoms with E-state index >= 15 is 0 Å². The van der Waals surface area contributed by atoms with Crippen molar-refractivity contribution in [3.8, 4) is 0 Å². The molecule has 0 amide bonds. The van der Waals surface area contributed by atoms with Gasteiger partial charge in [-0.1, -0.05) is 0 Å². The Labute approximate surface area is 72.8 Å². The van der Waals surface area contributed by atoms with Crippen molar-refractivity contribution in [2.24, 2.45) is 5.92 Å². The zero-order valence-corrected chi connectivity index (χ0v) is 7.45. The van der Waals surface area contributed by atoms with Crippen LogP contribution in [0.3, 0.4) is 0 Å². The Morgan fingerprint density at radius 2 is 2.17 bits per heavy atom. The monoisotopic (exact) mass is 171 g/mol. The highest BCUT2D eigenvalue weighted by Crippen LogP contribution is 2.47. The summed E-state index contributed by atoms with van der Waals surface area (Å²) in [6.07, 6.45) is 2.51. The van der Waals surface area contributed by atoms with E-state index in [9.17, 15) is 10.2 Å². The smallest absolute Gasteiger partial charge is 0.0669 e. The molecule has 0 radical (unpaired) electrons. The van der Waals surface area contributed by atoms with Gasteiger partial charge in [0, 0.05) is 18.0 Å². The van der Waals surface area contributed by atoms with E-state index in [-0.39, 0.29) is 23.7 Å². The molecular formula is C9H17NO2. The standard InChI is InChI=1S/C9H17NO2/c1-6(11)8-4-7(12)5-10-9(8)2-3-9/h6-8,10-12H,2-5H2,1H3. The fourth-order valence-corrected chi connectivity index (χ4v) is 2.40. The molecule has 12 heavy (non-hydrogen) atoms. The number of piperidine rings is 1. The molecule has 1 spiro atoms. The zero-order chi connectivity index (χ0) is 8.77. The third-order valence-corrected chi connectivity index (χ3v) is 3.30. The van der Waals surface area contributed by atoms with Crippen LogP contribution in [0.4, 0.5) is 0 Å². The number of rotatable bonds is 1. The summed E-state index contributed by atoms with van der Waals surface area (Å²) in [6.45, 7) is 2.52. The van der Waals surface area contributed by atoms with Gasteiger partial charge >= 0.3 is 0 Å². The van der Waals surface area contributed by atoms with Crippen LogP contribution in [0.1, 0.15) is 26.2 Å². The van der Waals surface area contributed by atoms with Crippen LogP contribution in [-0.2, 0) is 0 Å². The van der Waals surface area contributed by atoms with Gasteiger partial charge < -0.3 is 15.5 Å². The molecule has 3 heteroatoms. The minimum atomic E-state index is -0.296. The van der Waals surface area contributed by atoms with Gasteiger partial charge in [-0.05, 0) is 26.2 Å². The maximum atomic E-state index is 9.52. The van der Waals surface area contributed by atoms with Crippen molar-refractivity contribution < 1.29 is 10.2 Å². The van der Waals surface area contributed by atoms with Crippen molar-refractivity contribution in [1.82, 2.24) is 5.32 Å². The van der Waals surface area contributed by atoms with Crippen LogP contribution in [0, 0.1) is 5.92 Å². The minimum absolute atomic E-state index is 0.188. The Kier molecular flexibility index (Phi) is 1.90. The number of hydrogen-bond acceptors (Lipinski definition) is 3. The van der Waals surface area contributed by atoms with Crippen molar-refractivity contribution in [3.63, 3.8) is 0 Å². The third kappa shape index (κ3) is 1.26. The fourth-order valence-electron chi connectivity index (χ4n) is 2.40. The highest BCUT2D eigenvalue weighted by atomic mass is 16.3. The Hall–Kier alpha value is -0.120. The van der Waals surface area contributed by atoms with E-state index in [4.69, 9.17) is 0 Å². The quantitative estimate of drug-likeness (QED) is 0.515. The van der Waals surface area contributed by atoms with Crippen LogP contribution in [0.15, 0.2) is 0 Å². The number of nitrogens with one attached hydrogen (secondary N) is 1. The van der Waals surface area contributed by atoms with Gasteiger partial charge in [0.05, 0.1) is 12.2 Å². The van der Waals surface area contributed by atoms with Gasteiger partial charge in [0.1, 0.15) is 0 Å². The topological polar surface area (TPSA) is 52.5 Å². The van der Waals surface area contributed by atoms with E-state index in [0.29, 0.717) is 6.54 Å². The SMILES string of the molecule is CC(O)C1CC(O)CNC12CC2. The molecule has 3 nitrogen and oxygen atoms in total. The molecule has 2 rings (SSSR count). The summed E-state index contributed by atoms with van der Waals surface area (Å²) >= 11 is 0. The molecule has 0 aromatic heterocycles. The van der Waals surface area contributed by atoms with Crippen LogP contribution in [0.25, 0.3) is 0 Å². The summed E-state index contributed by atoms with van der Waals surface area (Å²) in [5, 5.41) is 22.3. The summed E-state index contributed by atoms with van der Waals surface area (Å²) in [6, 6.07) is 0. The van der Waals surface area contributed by atoms with Gasteiger partial charge in [-0.15, -0.1) is 0 Å². The van der Waals surface area contributed by atoms with Gasteiger partial charge in [0.15, 0.2) is 0 Å². The average molecular weight is 171 g/mol. The summed E-state index contributed by atoms with van der Waals surface area (Å²) in [4.78, 5) is 0. The van der Waals surface area contributed by atoms with Crippen molar-refractivity contribution in [1.29, 1.82) is 0 Å². The Morgan fingerprint density at radius 1 is 1.50 bits per heavy atom. The first-order valence-electron chi connectivity index (χ1n) is 4.75. The molecule has 2 fully saturated rings. The lowest BCUT2D eigenvalue weighted by Gasteiger charge is -2.37. The third-order valence-electron chi connectivity index (χ3n) is 3.30. The lowest BCUT2D eigenvalue weighted by molar-refractivity contribution is 0.0156. The van der Waals surface area contributed by atoms with Gasteiger partial charge in [-0.25, -0.2) is 0 Å². The predicted molar refractivity (Wildman–Crippen MR) is 45.8 cm³/mol. The molecule has 1 heterocycles. The van der Waals surface area contributed by atoms with E-state index in [1.807, 2.05) is 6.92 Å².